The molecule has 3 rings (SSSR count). The van der Waals surface area contributed by atoms with Crippen molar-refractivity contribution in [3.63, 3.8) is 0 Å². The minimum Gasteiger partial charge on any atom is -0.508 e. The van der Waals surface area contributed by atoms with Gasteiger partial charge in [0.1, 0.15) is 17.4 Å². The van der Waals surface area contributed by atoms with Crippen LogP contribution in [0.3, 0.4) is 0 Å². The second-order valence-corrected chi connectivity index (χ2v) is 6.97. The summed E-state index contributed by atoms with van der Waals surface area (Å²) in [6.45, 7) is 2.56. The third kappa shape index (κ3) is 5.58. The second-order valence-electron chi connectivity index (χ2n) is 6.97. The number of phenolic OH excluding ortho intramolecular Hbond substituents is 1. The molecular weight excluding hydrogens is 372 g/mol. The van der Waals surface area contributed by atoms with Crippen molar-refractivity contribution in [1.29, 1.82) is 0 Å². The summed E-state index contributed by atoms with van der Waals surface area (Å²) >= 11 is 0. The molecule has 0 saturated heterocycles. The van der Waals surface area contributed by atoms with E-state index in [1.54, 1.807) is 18.3 Å². The molecular formula is C20H26N6O3. The number of hydrazone groups is 1. The number of rotatable bonds is 10. The monoisotopic (exact) mass is 398 g/mol. The van der Waals surface area contributed by atoms with E-state index in [1.165, 1.54) is 0 Å². The predicted octanol–water partition coefficient (Wildman–Crippen LogP) is 1.98. The van der Waals surface area contributed by atoms with Gasteiger partial charge < -0.3 is 15.5 Å². The fraction of sp³-hybridized carbons (Fsp3) is 0.350. The summed E-state index contributed by atoms with van der Waals surface area (Å²) in [5, 5.41) is 26.4. The number of carbonyl (C=O) groups is 1. The quantitative estimate of drug-likeness (QED) is 0.358. The highest BCUT2D eigenvalue weighted by atomic mass is 16.4. The molecule has 0 bridgehead atoms. The van der Waals surface area contributed by atoms with Crippen LogP contribution >= 0.6 is 0 Å². The number of hydrogen-bond acceptors (Lipinski definition) is 8. The summed E-state index contributed by atoms with van der Waals surface area (Å²) in [5.74, 6) is -0.122. The molecule has 29 heavy (non-hydrogen) atoms. The maximum Gasteiger partial charge on any atom is 0.307 e. The minimum absolute atomic E-state index is 0.236. The SMILES string of the molecule is CCC[C@H](C(=O)O)[C@H](Cc1ccc(NCc2ccc(O)cc2)nc1)C1=NNNN1. The number of aromatic hydroxyl groups is 1. The molecule has 154 valence electrons. The first kappa shape index (κ1) is 20.4. The van der Waals surface area contributed by atoms with Gasteiger partial charge in [0.05, 0.1) is 5.92 Å². The molecule has 0 saturated carbocycles. The van der Waals surface area contributed by atoms with E-state index < -0.39 is 11.9 Å². The Morgan fingerprint density at radius 1 is 1.17 bits per heavy atom. The smallest absolute Gasteiger partial charge is 0.307 e. The average Bonchev–Trinajstić information content (AvgIpc) is 3.25. The topological polar surface area (TPSA) is 131 Å². The molecule has 1 aliphatic rings. The number of phenols is 1. The van der Waals surface area contributed by atoms with Gasteiger partial charge in [-0.05, 0) is 42.2 Å². The first-order valence-electron chi connectivity index (χ1n) is 9.60. The van der Waals surface area contributed by atoms with Crippen molar-refractivity contribution in [2.45, 2.75) is 32.7 Å². The Morgan fingerprint density at radius 3 is 2.52 bits per heavy atom. The first-order chi connectivity index (χ1) is 14.1. The number of amidine groups is 1. The number of benzene rings is 1. The molecule has 0 spiro atoms. The van der Waals surface area contributed by atoms with Gasteiger partial charge in [-0.15, -0.1) is 10.6 Å². The van der Waals surface area contributed by atoms with Crippen molar-refractivity contribution in [3.05, 3.63) is 53.7 Å². The Labute approximate surface area is 169 Å². The average molecular weight is 398 g/mol. The zero-order valence-electron chi connectivity index (χ0n) is 16.2. The number of pyridine rings is 1. The Hall–Kier alpha value is -3.33. The van der Waals surface area contributed by atoms with Crippen LogP contribution < -0.4 is 21.8 Å². The van der Waals surface area contributed by atoms with Crippen molar-refractivity contribution < 1.29 is 15.0 Å². The fourth-order valence-electron chi connectivity index (χ4n) is 3.33. The molecule has 1 aliphatic heterocycles. The van der Waals surface area contributed by atoms with Crippen LogP contribution in [0.15, 0.2) is 47.7 Å². The molecule has 9 heteroatoms. The van der Waals surface area contributed by atoms with Gasteiger partial charge in [-0.1, -0.05) is 31.5 Å². The summed E-state index contributed by atoms with van der Waals surface area (Å²) in [5.41, 5.74) is 10.2. The predicted molar refractivity (Wildman–Crippen MR) is 110 cm³/mol. The number of hydrazine groups is 2. The lowest BCUT2D eigenvalue weighted by Crippen LogP contribution is -2.42. The standard InChI is InChI=1S/C20H26N6O3/c1-2-3-16(20(28)29)17(19-23-25-26-24-19)10-14-6-9-18(22-12-14)21-11-13-4-7-15(27)8-5-13/h4-9,12,16-17,25-27H,2-3,10-11H2,1H3,(H,21,22)(H,23,24)(H,28,29)/t16-,17-/m0/s1. The Kier molecular flexibility index (Phi) is 6.85. The van der Waals surface area contributed by atoms with Gasteiger partial charge in [-0.2, -0.15) is 0 Å². The number of carboxylic acids is 1. The second kappa shape index (κ2) is 9.74. The highest BCUT2D eigenvalue weighted by molar-refractivity contribution is 5.89. The van der Waals surface area contributed by atoms with E-state index in [-0.39, 0.29) is 11.7 Å². The molecule has 2 aromatic rings. The molecule has 6 N–H and O–H groups in total. The summed E-state index contributed by atoms with van der Waals surface area (Å²) in [6.07, 6.45) is 3.62. The summed E-state index contributed by atoms with van der Waals surface area (Å²) in [6, 6.07) is 10.8. The molecule has 2 heterocycles. The number of carboxylic acid groups (broad SMARTS) is 1. The third-order valence-corrected chi connectivity index (χ3v) is 4.87. The zero-order valence-corrected chi connectivity index (χ0v) is 16.2. The first-order valence-corrected chi connectivity index (χ1v) is 9.60. The van der Waals surface area contributed by atoms with Crippen molar-refractivity contribution in [1.82, 2.24) is 21.5 Å². The maximum absolute atomic E-state index is 11.8. The van der Waals surface area contributed by atoms with Gasteiger partial charge in [0.2, 0.25) is 0 Å². The van der Waals surface area contributed by atoms with Crippen LogP contribution in [0.4, 0.5) is 5.82 Å². The number of nitrogens with zero attached hydrogens (tertiary/aromatic N) is 2. The van der Waals surface area contributed by atoms with Crippen molar-refractivity contribution in [2.75, 3.05) is 5.32 Å². The number of nitrogens with one attached hydrogen (secondary N) is 4. The van der Waals surface area contributed by atoms with Gasteiger partial charge in [-0.3, -0.25) is 10.2 Å². The maximum atomic E-state index is 11.8. The summed E-state index contributed by atoms with van der Waals surface area (Å²) < 4.78 is 0. The summed E-state index contributed by atoms with van der Waals surface area (Å²) in [7, 11) is 0. The van der Waals surface area contributed by atoms with Crippen LogP contribution in [0.5, 0.6) is 5.75 Å². The van der Waals surface area contributed by atoms with Crippen LogP contribution in [-0.2, 0) is 17.8 Å². The molecule has 0 fully saturated rings. The number of aliphatic carboxylic acids is 1. The third-order valence-electron chi connectivity index (χ3n) is 4.87. The Morgan fingerprint density at radius 2 is 1.93 bits per heavy atom. The lowest BCUT2D eigenvalue weighted by atomic mass is 9.83. The molecule has 1 aromatic carbocycles. The van der Waals surface area contributed by atoms with Crippen molar-refractivity contribution in [2.24, 2.45) is 16.9 Å². The molecule has 1 aromatic heterocycles. The Balaban J connectivity index is 1.66. The minimum atomic E-state index is -0.826. The lowest BCUT2D eigenvalue weighted by molar-refractivity contribution is -0.143. The van der Waals surface area contributed by atoms with Crippen LogP contribution in [0, 0.1) is 11.8 Å². The summed E-state index contributed by atoms with van der Waals surface area (Å²) in [4.78, 5) is 16.2. The van der Waals surface area contributed by atoms with E-state index in [9.17, 15) is 15.0 Å². The molecule has 0 unspecified atom stereocenters. The number of aromatic nitrogens is 1. The van der Waals surface area contributed by atoms with Gasteiger partial charge in [0.25, 0.3) is 0 Å². The van der Waals surface area contributed by atoms with Crippen molar-refractivity contribution >= 4 is 17.6 Å². The van der Waals surface area contributed by atoms with Gasteiger partial charge >= 0.3 is 5.97 Å². The van der Waals surface area contributed by atoms with Crippen LogP contribution in [0.25, 0.3) is 0 Å². The van der Waals surface area contributed by atoms with E-state index in [1.807, 2.05) is 31.2 Å². The van der Waals surface area contributed by atoms with Crippen molar-refractivity contribution in [3.8, 4) is 5.75 Å². The van der Waals surface area contributed by atoms with E-state index in [4.69, 9.17) is 0 Å². The molecule has 2 atom stereocenters. The molecule has 9 nitrogen and oxygen atoms in total. The van der Waals surface area contributed by atoms with E-state index >= 15 is 0 Å². The molecule has 0 radical (unpaired) electrons. The fourth-order valence-corrected chi connectivity index (χ4v) is 3.33. The molecule has 0 amide bonds. The Bertz CT molecular complexity index is 838. The van der Waals surface area contributed by atoms with E-state index in [0.29, 0.717) is 25.2 Å². The van der Waals surface area contributed by atoms with Crippen LogP contribution in [-0.4, -0.2) is 27.0 Å². The van der Waals surface area contributed by atoms with Gasteiger partial charge in [0, 0.05) is 18.7 Å². The largest absolute Gasteiger partial charge is 0.508 e. The van der Waals surface area contributed by atoms with Gasteiger partial charge in [-0.25, -0.2) is 10.5 Å². The van der Waals surface area contributed by atoms with Crippen LogP contribution in [0.2, 0.25) is 0 Å². The number of hydrogen-bond donors (Lipinski definition) is 6. The normalized spacial score (nSPS) is 15.0. The number of anilines is 1. The highest BCUT2D eigenvalue weighted by Crippen LogP contribution is 2.24. The zero-order chi connectivity index (χ0) is 20.6. The van der Waals surface area contributed by atoms with Gasteiger partial charge in [0.15, 0.2) is 0 Å². The highest BCUT2D eigenvalue weighted by Gasteiger charge is 2.33. The van der Waals surface area contributed by atoms with Crippen LogP contribution in [0.1, 0.15) is 30.9 Å². The lowest BCUT2D eigenvalue weighted by Gasteiger charge is -2.23. The molecule has 0 aliphatic carbocycles. The van der Waals surface area contributed by atoms with E-state index in [2.05, 4.69) is 31.9 Å². The van der Waals surface area contributed by atoms with E-state index in [0.717, 1.165) is 23.4 Å².